The first-order valence-corrected chi connectivity index (χ1v) is 10.5. The molecule has 31 heavy (non-hydrogen) atoms. The van der Waals surface area contributed by atoms with Crippen LogP contribution in [0.5, 0.6) is 0 Å². The van der Waals surface area contributed by atoms with E-state index in [1.165, 1.54) is 0 Å². The summed E-state index contributed by atoms with van der Waals surface area (Å²) in [5.41, 5.74) is 2.95. The lowest BCUT2D eigenvalue weighted by Crippen LogP contribution is -2.12. The fourth-order valence-electron chi connectivity index (χ4n) is 3.45. The van der Waals surface area contributed by atoms with Crippen LogP contribution < -0.4 is 5.32 Å². The van der Waals surface area contributed by atoms with Crippen LogP contribution in [0.25, 0.3) is 33.3 Å². The van der Waals surface area contributed by atoms with Crippen LogP contribution in [0, 0.1) is 0 Å². The minimum atomic E-state index is -0.239. The molecule has 0 saturated heterocycles. The summed E-state index contributed by atoms with van der Waals surface area (Å²) in [6, 6.07) is 21.3. The predicted molar refractivity (Wildman–Crippen MR) is 126 cm³/mol. The molecule has 0 aliphatic carbocycles. The van der Waals surface area contributed by atoms with Crippen LogP contribution in [0.4, 0.5) is 5.69 Å². The van der Waals surface area contributed by atoms with Crippen molar-refractivity contribution in [2.45, 2.75) is 0 Å². The summed E-state index contributed by atoms with van der Waals surface area (Å²) >= 11 is 18.5. The molecule has 0 unspecified atom stereocenters. The largest absolute Gasteiger partial charge is 0.436 e. The van der Waals surface area contributed by atoms with E-state index in [-0.39, 0.29) is 5.91 Å². The maximum atomic E-state index is 13.0. The molecule has 0 saturated carbocycles. The van der Waals surface area contributed by atoms with Gasteiger partial charge in [0.15, 0.2) is 5.58 Å². The van der Waals surface area contributed by atoms with Crippen LogP contribution in [0.15, 0.2) is 77.2 Å². The quantitative estimate of drug-likeness (QED) is 0.294. The monoisotopic (exact) mass is 466 g/mol. The molecule has 4 aromatic carbocycles. The summed E-state index contributed by atoms with van der Waals surface area (Å²) in [4.78, 5) is 17.5. The number of benzene rings is 4. The van der Waals surface area contributed by atoms with Crippen LogP contribution >= 0.6 is 34.8 Å². The molecular formula is C24H13Cl3N2O2. The van der Waals surface area contributed by atoms with Gasteiger partial charge in [-0.05, 0) is 53.9 Å². The van der Waals surface area contributed by atoms with Crippen molar-refractivity contribution in [1.29, 1.82) is 0 Å². The third-order valence-corrected chi connectivity index (χ3v) is 5.80. The van der Waals surface area contributed by atoms with Gasteiger partial charge in [-0.1, -0.05) is 59.1 Å². The first-order valence-electron chi connectivity index (χ1n) is 9.34. The number of hydrogen-bond donors (Lipinski definition) is 1. The normalized spacial score (nSPS) is 11.2. The molecule has 0 atom stereocenters. The molecule has 0 aliphatic rings. The second kappa shape index (κ2) is 7.89. The number of amides is 1. The number of nitrogens with one attached hydrogen (secondary N) is 1. The molecule has 1 N–H and O–H groups in total. The second-order valence-corrected chi connectivity index (χ2v) is 8.17. The lowest BCUT2D eigenvalue weighted by molar-refractivity contribution is 0.102. The summed E-state index contributed by atoms with van der Waals surface area (Å²) in [6.45, 7) is 0. The standard InChI is InChI=1S/C24H13Cl3N2O2/c25-13-7-9-18(20(27)11-13)24-29-21-12-14(8-10-22(21)31-24)28-23(30)17-5-1-4-16-15(17)3-2-6-19(16)26/h1-12H,(H,28,30). The van der Waals surface area contributed by atoms with Gasteiger partial charge in [-0.3, -0.25) is 4.79 Å². The Kier molecular flexibility index (Phi) is 5.06. The van der Waals surface area contributed by atoms with E-state index < -0.39 is 0 Å². The van der Waals surface area contributed by atoms with E-state index in [0.717, 1.165) is 10.8 Å². The van der Waals surface area contributed by atoms with Crippen LogP contribution in [-0.2, 0) is 0 Å². The second-order valence-electron chi connectivity index (χ2n) is 6.92. The van der Waals surface area contributed by atoms with Crippen molar-refractivity contribution in [2.24, 2.45) is 0 Å². The number of rotatable bonds is 3. The van der Waals surface area contributed by atoms with E-state index in [1.54, 1.807) is 48.5 Å². The highest BCUT2D eigenvalue weighted by atomic mass is 35.5. The van der Waals surface area contributed by atoms with E-state index in [9.17, 15) is 4.79 Å². The van der Waals surface area contributed by atoms with Gasteiger partial charge in [0, 0.05) is 26.7 Å². The Balaban J connectivity index is 1.48. The highest BCUT2D eigenvalue weighted by Crippen LogP contribution is 2.33. The average molecular weight is 468 g/mol. The van der Waals surface area contributed by atoms with Crippen molar-refractivity contribution < 1.29 is 9.21 Å². The number of nitrogens with zero attached hydrogens (tertiary/aromatic N) is 1. The Hall–Kier alpha value is -3.05. The molecule has 0 bridgehead atoms. The van der Waals surface area contributed by atoms with Crippen molar-refractivity contribution in [3.8, 4) is 11.5 Å². The highest BCUT2D eigenvalue weighted by Gasteiger charge is 2.15. The summed E-state index contributed by atoms with van der Waals surface area (Å²) < 4.78 is 5.82. The van der Waals surface area contributed by atoms with Gasteiger partial charge >= 0.3 is 0 Å². The van der Waals surface area contributed by atoms with E-state index in [1.807, 2.05) is 24.3 Å². The van der Waals surface area contributed by atoms with Crippen LogP contribution in [0.3, 0.4) is 0 Å². The fraction of sp³-hybridized carbons (Fsp3) is 0. The zero-order valence-electron chi connectivity index (χ0n) is 15.8. The summed E-state index contributed by atoms with van der Waals surface area (Å²) in [7, 11) is 0. The molecule has 0 radical (unpaired) electrons. The first-order chi connectivity index (χ1) is 15.0. The van der Waals surface area contributed by atoms with E-state index in [4.69, 9.17) is 39.2 Å². The van der Waals surface area contributed by atoms with E-state index in [0.29, 0.717) is 48.9 Å². The zero-order valence-corrected chi connectivity index (χ0v) is 18.1. The number of oxazole rings is 1. The molecule has 5 aromatic rings. The zero-order chi connectivity index (χ0) is 21.5. The Bertz CT molecular complexity index is 1480. The predicted octanol–water partition coefficient (Wildman–Crippen LogP) is 7.86. The molecule has 0 aliphatic heterocycles. The minimum absolute atomic E-state index is 0.239. The van der Waals surface area contributed by atoms with Gasteiger partial charge in [0.25, 0.3) is 5.91 Å². The molecule has 1 heterocycles. The molecule has 7 heteroatoms. The average Bonchev–Trinajstić information content (AvgIpc) is 3.16. The van der Waals surface area contributed by atoms with Gasteiger partial charge in [0.2, 0.25) is 5.89 Å². The maximum Gasteiger partial charge on any atom is 0.256 e. The smallest absolute Gasteiger partial charge is 0.256 e. The molecule has 1 amide bonds. The number of carbonyl (C=O) groups is 1. The van der Waals surface area contributed by atoms with Crippen molar-refractivity contribution in [1.82, 2.24) is 4.98 Å². The van der Waals surface area contributed by atoms with Crippen LogP contribution in [0.2, 0.25) is 15.1 Å². The number of halogens is 3. The maximum absolute atomic E-state index is 13.0. The number of fused-ring (bicyclic) bond motifs is 2. The van der Waals surface area contributed by atoms with E-state index >= 15 is 0 Å². The SMILES string of the molecule is O=C(Nc1ccc2oc(-c3ccc(Cl)cc3Cl)nc2c1)c1cccc2c(Cl)cccc12. The number of aromatic nitrogens is 1. The highest BCUT2D eigenvalue weighted by molar-refractivity contribution is 6.36. The molecular weight excluding hydrogens is 455 g/mol. The van der Waals surface area contributed by atoms with Gasteiger partial charge in [-0.25, -0.2) is 4.98 Å². The molecule has 0 fully saturated rings. The number of anilines is 1. The van der Waals surface area contributed by atoms with Gasteiger partial charge in [0.1, 0.15) is 5.52 Å². The summed E-state index contributed by atoms with van der Waals surface area (Å²) in [6.07, 6.45) is 0. The van der Waals surface area contributed by atoms with Crippen molar-refractivity contribution in [3.05, 3.63) is 93.4 Å². The number of hydrogen-bond acceptors (Lipinski definition) is 3. The topological polar surface area (TPSA) is 55.1 Å². The Labute approximate surface area is 192 Å². The van der Waals surface area contributed by atoms with Gasteiger partial charge < -0.3 is 9.73 Å². The molecule has 0 spiro atoms. The van der Waals surface area contributed by atoms with E-state index in [2.05, 4.69) is 10.3 Å². The minimum Gasteiger partial charge on any atom is -0.436 e. The third-order valence-electron chi connectivity index (χ3n) is 4.92. The van der Waals surface area contributed by atoms with Crippen LogP contribution in [-0.4, -0.2) is 10.9 Å². The van der Waals surface area contributed by atoms with Crippen molar-refractivity contribution in [2.75, 3.05) is 5.32 Å². The van der Waals surface area contributed by atoms with Crippen molar-refractivity contribution in [3.63, 3.8) is 0 Å². The Morgan fingerprint density at radius 3 is 2.48 bits per heavy atom. The number of carbonyl (C=O) groups excluding carboxylic acids is 1. The lowest BCUT2D eigenvalue weighted by atomic mass is 10.0. The Morgan fingerprint density at radius 1 is 0.839 bits per heavy atom. The first kappa shape index (κ1) is 19.9. The lowest BCUT2D eigenvalue weighted by Gasteiger charge is -2.09. The summed E-state index contributed by atoms with van der Waals surface area (Å²) in [5, 5.41) is 6.12. The Morgan fingerprint density at radius 2 is 1.65 bits per heavy atom. The third kappa shape index (κ3) is 3.74. The van der Waals surface area contributed by atoms with Crippen LogP contribution in [0.1, 0.15) is 10.4 Å². The molecule has 1 aromatic heterocycles. The van der Waals surface area contributed by atoms with Crippen molar-refractivity contribution >= 4 is 68.3 Å². The van der Waals surface area contributed by atoms with Gasteiger partial charge in [-0.15, -0.1) is 0 Å². The van der Waals surface area contributed by atoms with Gasteiger partial charge in [-0.2, -0.15) is 0 Å². The fourth-order valence-corrected chi connectivity index (χ4v) is 4.18. The molecule has 5 rings (SSSR count). The molecule has 4 nitrogen and oxygen atoms in total. The van der Waals surface area contributed by atoms with Gasteiger partial charge in [0.05, 0.1) is 10.6 Å². The molecule has 152 valence electrons. The summed E-state index contributed by atoms with van der Waals surface area (Å²) in [5.74, 6) is 0.139.